The molecule has 0 spiro atoms. The van der Waals surface area contributed by atoms with Gasteiger partial charge >= 0.3 is 0 Å². The highest BCUT2D eigenvalue weighted by Crippen LogP contribution is 2.23. The third kappa shape index (κ3) is 5.26. The number of ether oxygens (including phenoxy) is 1. The SMILES string of the molecule is CCCCCn1cnnc1S[C@H](C)C(=O)Nc1ccc(OC)cc1. The largest absolute Gasteiger partial charge is 0.497 e. The van der Waals surface area contributed by atoms with Gasteiger partial charge in [0.1, 0.15) is 12.1 Å². The second kappa shape index (κ2) is 9.32. The number of unbranched alkanes of at least 4 members (excludes halogenated alkanes) is 2. The molecule has 1 aromatic carbocycles. The standard InChI is InChI=1S/C17H24N4O2S/c1-4-5-6-11-21-12-18-20-17(21)24-13(2)16(22)19-14-7-9-15(23-3)10-8-14/h7-10,12-13H,4-6,11H2,1-3H3,(H,19,22)/t13-/m1/s1. The van der Waals surface area contributed by atoms with E-state index in [4.69, 9.17) is 4.74 Å². The van der Waals surface area contributed by atoms with Gasteiger partial charge in [-0.15, -0.1) is 10.2 Å². The molecule has 7 heteroatoms. The van der Waals surface area contributed by atoms with Gasteiger partial charge in [0.15, 0.2) is 5.16 Å². The van der Waals surface area contributed by atoms with Crippen molar-refractivity contribution in [3.8, 4) is 5.75 Å². The van der Waals surface area contributed by atoms with Crippen molar-refractivity contribution < 1.29 is 9.53 Å². The van der Waals surface area contributed by atoms with Crippen LogP contribution in [0.5, 0.6) is 5.75 Å². The van der Waals surface area contributed by atoms with Crippen molar-refractivity contribution in [3.05, 3.63) is 30.6 Å². The van der Waals surface area contributed by atoms with E-state index in [9.17, 15) is 4.79 Å². The Morgan fingerprint density at radius 3 is 2.75 bits per heavy atom. The maximum atomic E-state index is 12.3. The highest BCUT2D eigenvalue weighted by atomic mass is 32.2. The van der Waals surface area contributed by atoms with Crippen LogP contribution in [0.3, 0.4) is 0 Å². The lowest BCUT2D eigenvalue weighted by molar-refractivity contribution is -0.115. The van der Waals surface area contributed by atoms with Crippen LogP contribution in [-0.4, -0.2) is 33.0 Å². The summed E-state index contributed by atoms with van der Waals surface area (Å²) in [4.78, 5) is 12.3. The molecule has 2 rings (SSSR count). The topological polar surface area (TPSA) is 69.0 Å². The fourth-order valence-corrected chi connectivity index (χ4v) is 3.00. The minimum absolute atomic E-state index is 0.0618. The van der Waals surface area contributed by atoms with E-state index in [0.29, 0.717) is 0 Å². The van der Waals surface area contributed by atoms with Crippen molar-refractivity contribution >= 4 is 23.4 Å². The number of carbonyl (C=O) groups excluding carboxylic acids is 1. The quantitative estimate of drug-likeness (QED) is 0.554. The zero-order valence-corrected chi connectivity index (χ0v) is 15.2. The van der Waals surface area contributed by atoms with Crippen LogP contribution in [0, 0.1) is 0 Å². The number of benzene rings is 1. The highest BCUT2D eigenvalue weighted by molar-refractivity contribution is 8.00. The summed E-state index contributed by atoms with van der Waals surface area (Å²) in [5, 5.41) is 11.5. The van der Waals surface area contributed by atoms with Crippen LogP contribution in [0.25, 0.3) is 0 Å². The Bertz CT molecular complexity index is 642. The molecule has 1 amide bonds. The molecule has 130 valence electrons. The van der Waals surface area contributed by atoms with Crippen LogP contribution in [0.1, 0.15) is 33.1 Å². The molecule has 0 saturated heterocycles. The zero-order valence-electron chi connectivity index (χ0n) is 14.4. The summed E-state index contributed by atoms with van der Waals surface area (Å²) in [7, 11) is 1.61. The smallest absolute Gasteiger partial charge is 0.237 e. The van der Waals surface area contributed by atoms with E-state index in [1.54, 1.807) is 13.4 Å². The van der Waals surface area contributed by atoms with E-state index in [-0.39, 0.29) is 11.2 Å². The summed E-state index contributed by atoms with van der Waals surface area (Å²) in [6.07, 6.45) is 5.17. The minimum Gasteiger partial charge on any atom is -0.497 e. The third-order valence-corrected chi connectivity index (χ3v) is 4.69. The van der Waals surface area contributed by atoms with Crippen molar-refractivity contribution in [1.82, 2.24) is 14.8 Å². The van der Waals surface area contributed by atoms with Crippen LogP contribution in [0.4, 0.5) is 5.69 Å². The Labute approximate surface area is 147 Å². The molecule has 0 saturated carbocycles. The second-order valence-electron chi connectivity index (χ2n) is 5.49. The van der Waals surface area contributed by atoms with Crippen molar-refractivity contribution in [2.45, 2.75) is 50.1 Å². The molecule has 0 aliphatic rings. The minimum atomic E-state index is -0.263. The van der Waals surface area contributed by atoms with E-state index in [1.807, 2.05) is 35.8 Å². The Balaban J connectivity index is 1.90. The van der Waals surface area contributed by atoms with Crippen LogP contribution < -0.4 is 10.1 Å². The molecule has 1 atom stereocenters. The van der Waals surface area contributed by atoms with Gasteiger partial charge in [0.25, 0.3) is 0 Å². The van der Waals surface area contributed by atoms with E-state index < -0.39 is 0 Å². The van der Waals surface area contributed by atoms with E-state index >= 15 is 0 Å². The summed E-state index contributed by atoms with van der Waals surface area (Å²) in [5.74, 6) is 0.698. The van der Waals surface area contributed by atoms with Crippen LogP contribution in [-0.2, 0) is 11.3 Å². The van der Waals surface area contributed by atoms with Crippen LogP contribution in [0.2, 0.25) is 0 Å². The number of hydrogen-bond donors (Lipinski definition) is 1. The molecule has 0 aliphatic heterocycles. The summed E-state index contributed by atoms with van der Waals surface area (Å²) >= 11 is 1.42. The zero-order chi connectivity index (χ0) is 17.4. The molecule has 6 nitrogen and oxygen atoms in total. The molecular formula is C17H24N4O2S. The lowest BCUT2D eigenvalue weighted by atomic mass is 10.2. The molecule has 1 N–H and O–H groups in total. The predicted molar refractivity (Wildman–Crippen MR) is 96.5 cm³/mol. The van der Waals surface area contributed by atoms with E-state index in [2.05, 4.69) is 22.4 Å². The number of nitrogens with one attached hydrogen (secondary N) is 1. The van der Waals surface area contributed by atoms with Gasteiger partial charge in [-0.25, -0.2) is 0 Å². The monoisotopic (exact) mass is 348 g/mol. The van der Waals surface area contributed by atoms with E-state index in [0.717, 1.165) is 29.6 Å². The normalized spacial score (nSPS) is 12.0. The predicted octanol–water partition coefficient (Wildman–Crippen LogP) is 3.60. The number of carbonyl (C=O) groups is 1. The summed E-state index contributed by atoms with van der Waals surface area (Å²) in [6.45, 7) is 4.93. The van der Waals surface area contributed by atoms with Crippen LogP contribution in [0.15, 0.2) is 35.7 Å². The molecule has 24 heavy (non-hydrogen) atoms. The Kier molecular flexibility index (Phi) is 7.11. The molecule has 0 radical (unpaired) electrons. The molecule has 0 unspecified atom stereocenters. The fourth-order valence-electron chi connectivity index (χ4n) is 2.15. The number of nitrogens with zero attached hydrogens (tertiary/aromatic N) is 3. The van der Waals surface area contributed by atoms with Gasteiger partial charge in [0.2, 0.25) is 5.91 Å². The first-order chi connectivity index (χ1) is 11.6. The van der Waals surface area contributed by atoms with Gasteiger partial charge in [-0.2, -0.15) is 0 Å². The van der Waals surface area contributed by atoms with Gasteiger partial charge in [-0.3, -0.25) is 4.79 Å². The first-order valence-corrected chi connectivity index (χ1v) is 9.01. The number of methoxy groups -OCH3 is 1. The average Bonchev–Trinajstić information content (AvgIpc) is 3.03. The Morgan fingerprint density at radius 1 is 1.33 bits per heavy atom. The van der Waals surface area contributed by atoms with Gasteiger partial charge in [0.05, 0.1) is 12.4 Å². The first kappa shape index (κ1) is 18.3. The number of thioether (sulfide) groups is 1. The molecule has 0 fully saturated rings. The summed E-state index contributed by atoms with van der Waals surface area (Å²) in [6, 6.07) is 7.28. The van der Waals surface area contributed by atoms with Crippen molar-refractivity contribution in [3.63, 3.8) is 0 Å². The lowest BCUT2D eigenvalue weighted by Gasteiger charge is -2.12. The number of hydrogen-bond acceptors (Lipinski definition) is 5. The number of amides is 1. The first-order valence-electron chi connectivity index (χ1n) is 8.13. The Morgan fingerprint density at radius 2 is 2.08 bits per heavy atom. The third-order valence-electron chi connectivity index (χ3n) is 3.59. The fraction of sp³-hybridized carbons (Fsp3) is 0.471. The van der Waals surface area contributed by atoms with Crippen LogP contribution >= 0.6 is 11.8 Å². The number of aryl methyl sites for hydroxylation is 1. The van der Waals surface area contributed by atoms with Gasteiger partial charge in [-0.05, 0) is 37.6 Å². The van der Waals surface area contributed by atoms with E-state index in [1.165, 1.54) is 24.6 Å². The molecule has 1 aromatic heterocycles. The second-order valence-corrected chi connectivity index (χ2v) is 6.80. The molecule has 0 aliphatic carbocycles. The summed E-state index contributed by atoms with van der Waals surface area (Å²) in [5.41, 5.74) is 0.748. The highest BCUT2D eigenvalue weighted by Gasteiger charge is 2.18. The number of anilines is 1. The molecular weight excluding hydrogens is 324 g/mol. The van der Waals surface area contributed by atoms with Crippen molar-refractivity contribution in [1.29, 1.82) is 0 Å². The average molecular weight is 348 g/mol. The van der Waals surface area contributed by atoms with Gasteiger partial charge in [0, 0.05) is 12.2 Å². The van der Waals surface area contributed by atoms with Crippen molar-refractivity contribution in [2.75, 3.05) is 12.4 Å². The van der Waals surface area contributed by atoms with Gasteiger partial charge < -0.3 is 14.6 Å². The summed E-state index contributed by atoms with van der Waals surface area (Å²) < 4.78 is 7.12. The van der Waals surface area contributed by atoms with Crippen molar-refractivity contribution in [2.24, 2.45) is 0 Å². The number of aromatic nitrogens is 3. The molecule has 2 aromatic rings. The number of rotatable bonds is 9. The lowest BCUT2D eigenvalue weighted by Crippen LogP contribution is -2.22. The van der Waals surface area contributed by atoms with Gasteiger partial charge in [-0.1, -0.05) is 31.5 Å². The molecule has 0 bridgehead atoms. The maximum Gasteiger partial charge on any atom is 0.237 e. The maximum absolute atomic E-state index is 12.3. The Hall–Kier alpha value is -2.02. The molecule has 1 heterocycles.